The van der Waals surface area contributed by atoms with Crippen molar-refractivity contribution in [1.82, 2.24) is 10.2 Å². The molecular formula is C20H17N3O4S3. The lowest BCUT2D eigenvalue weighted by Gasteiger charge is -2.21. The minimum absolute atomic E-state index is 0.0905. The first-order valence-corrected chi connectivity index (χ1v) is 11.7. The summed E-state index contributed by atoms with van der Waals surface area (Å²) in [6.07, 6.45) is 1.70. The number of nitrogens with one attached hydrogen (secondary N) is 2. The highest BCUT2D eigenvalue weighted by molar-refractivity contribution is 8.18. The molecule has 1 saturated heterocycles. The number of carbonyl (C=O) groups excluding carboxylic acids is 4. The number of anilines is 1. The van der Waals surface area contributed by atoms with E-state index < -0.39 is 0 Å². The number of nitrogens with zero attached hydrogens (tertiary/aromatic N) is 1. The molecule has 2 aliphatic rings. The lowest BCUT2D eigenvalue weighted by Crippen LogP contribution is -2.37. The first-order valence-electron chi connectivity index (χ1n) is 9.11. The van der Waals surface area contributed by atoms with Crippen molar-refractivity contribution in [2.24, 2.45) is 0 Å². The van der Waals surface area contributed by atoms with Gasteiger partial charge < -0.3 is 10.6 Å². The first-order chi connectivity index (χ1) is 14.4. The number of rotatable bonds is 5. The Morgan fingerprint density at radius 1 is 1.27 bits per heavy atom. The maximum Gasteiger partial charge on any atom is 0.293 e. The smallest absolute Gasteiger partial charge is 0.293 e. The Morgan fingerprint density at radius 2 is 2.10 bits per heavy atom. The van der Waals surface area contributed by atoms with Crippen molar-refractivity contribution < 1.29 is 19.2 Å². The first kappa shape index (κ1) is 20.7. The SMILES string of the molecule is CC1Sc2ccc(C(=O)NCCN3C(=O)SC(=Cc4cccs4)C3=O)cc2NC1=O. The summed E-state index contributed by atoms with van der Waals surface area (Å²) in [6.45, 7) is 2.05. The standard InChI is InChI=1S/C20H17N3O4S3/c1-11-17(24)22-14-9-12(4-5-15(14)29-11)18(25)21-6-7-23-19(26)16(30-20(23)27)10-13-3-2-8-28-13/h2-5,8-11H,6-7H2,1H3,(H,21,25)(H,22,24). The number of amides is 4. The molecule has 2 aliphatic heterocycles. The molecule has 10 heteroatoms. The van der Waals surface area contributed by atoms with E-state index in [0.29, 0.717) is 16.2 Å². The van der Waals surface area contributed by atoms with Crippen molar-refractivity contribution in [3.05, 3.63) is 51.1 Å². The van der Waals surface area contributed by atoms with E-state index in [0.717, 1.165) is 26.4 Å². The van der Waals surface area contributed by atoms with Crippen LogP contribution in [-0.2, 0) is 9.59 Å². The second-order valence-electron chi connectivity index (χ2n) is 6.56. The second-order valence-corrected chi connectivity index (χ2v) is 9.92. The van der Waals surface area contributed by atoms with Crippen LogP contribution in [0.15, 0.2) is 45.5 Å². The normalized spacial score (nSPS) is 19.8. The molecule has 0 saturated carbocycles. The third-order valence-electron chi connectivity index (χ3n) is 4.48. The summed E-state index contributed by atoms with van der Waals surface area (Å²) in [5.41, 5.74) is 1.01. The molecule has 1 aromatic carbocycles. The van der Waals surface area contributed by atoms with Gasteiger partial charge >= 0.3 is 0 Å². The third kappa shape index (κ3) is 4.30. The van der Waals surface area contributed by atoms with Gasteiger partial charge in [-0.3, -0.25) is 24.1 Å². The highest BCUT2D eigenvalue weighted by atomic mass is 32.2. The molecule has 1 unspecified atom stereocenters. The number of hydrogen-bond donors (Lipinski definition) is 2. The molecule has 0 spiro atoms. The number of hydrogen-bond acceptors (Lipinski definition) is 7. The molecule has 0 bridgehead atoms. The van der Waals surface area contributed by atoms with Crippen LogP contribution >= 0.6 is 34.9 Å². The highest BCUT2D eigenvalue weighted by Crippen LogP contribution is 2.36. The molecular weight excluding hydrogens is 442 g/mol. The number of fused-ring (bicyclic) bond motifs is 1. The number of benzene rings is 1. The largest absolute Gasteiger partial charge is 0.350 e. The minimum Gasteiger partial charge on any atom is -0.350 e. The summed E-state index contributed by atoms with van der Waals surface area (Å²) in [4.78, 5) is 52.3. The van der Waals surface area contributed by atoms with Crippen molar-refractivity contribution in [3.63, 3.8) is 0 Å². The van der Waals surface area contributed by atoms with E-state index in [-0.39, 0.29) is 41.3 Å². The van der Waals surface area contributed by atoms with Gasteiger partial charge in [-0.05, 0) is 54.4 Å². The Labute approximate surface area is 185 Å². The molecule has 1 atom stereocenters. The quantitative estimate of drug-likeness (QED) is 0.663. The monoisotopic (exact) mass is 459 g/mol. The number of carbonyl (C=O) groups is 4. The Morgan fingerprint density at radius 3 is 2.87 bits per heavy atom. The van der Waals surface area contributed by atoms with Crippen molar-refractivity contribution in [2.75, 3.05) is 18.4 Å². The molecule has 7 nitrogen and oxygen atoms in total. The van der Waals surface area contributed by atoms with Crippen LogP contribution in [0.2, 0.25) is 0 Å². The van der Waals surface area contributed by atoms with E-state index in [9.17, 15) is 19.2 Å². The Hall–Kier alpha value is -2.56. The summed E-state index contributed by atoms with van der Waals surface area (Å²) in [7, 11) is 0. The van der Waals surface area contributed by atoms with Gasteiger partial charge in [-0.1, -0.05) is 6.07 Å². The van der Waals surface area contributed by atoms with Crippen molar-refractivity contribution in [1.29, 1.82) is 0 Å². The average molecular weight is 460 g/mol. The van der Waals surface area contributed by atoms with E-state index in [1.54, 1.807) is 24.3 Å². The zero-order valence-corrected chi connectivity index (χ0v) is 18.3. The molecule has 154 valence electrons. The van der Waals surface area contributed by atoms with Gasteiger partial charge in [-0.15, -0.1) is 23.1 Å². The molecule has 4 amide bonds. The van der Waals surface area contributed by atoms with Crippen LogP contribution in [0.4, 0.5) is 10.5 Å². The molecule has 4 rings (SSSR count). The van der Waals surface area contributed by atoms with Crippen LogP contribution < -0.4 is 10.6 Å². The fraction of sp³-hybridized carbons (Fsp3) is 0.200. The van der Waals surface area contributed by atoms with Gasteiger partial charge in [0.25, 0.3) is 17.1 Å². The molecule has 1 fully saturated rings. The zero-order valence-electron chi connectivity index (χ0n) is 15.8. The number of imide groups is 1. The summed E-state index contributed by atoms with van der Waals surface area (Å²) < 4.78 is 0. The molecule has 0 radical (unpaired) electrons. The predicted octanol–water partition coefficient (Wildman–Crippen LogP) is 3.65. The summed E-state index contributed by atoms with van der Waals surface area (Å²) in [6, 6.07) is 8.87. The van der Waals surface area contributed by atoms with Crippen LogP contribution in [0.25, 0.3) is 6.08 Å². The number of thioether (sulfide) groups is 2. The van der Waals surface area contributed by atoms with Gasteiger partial charge in [0.1, 0.15) is 0 Å². The van der Waals surface area contributed by atoms with Gasteiger partial charge in [-0.2, -0.15) is 0 Å². The Kier molecular flexibility index (Phi) is 5.98. The minimum atomic E-state index is -0.352. The molecule has 3 heterocycles. The molecule has 30 heavy (non-hydrogen) atoms. The van der Waals surface area contributed by atoms with Gasteiger partial charge in [-0.25, -0.2) is 0 Å². The van der Waals surface area contributed by atoms with E-state index in [2.05, 4.69) is 10.6 Å². The van der Waals surface area contributed by atoms with Crippen LogP contribution in [-0.4, -0.2) is 46.2 Å². The van der Waals surface area contributed by atoms with Gasteiger partial charge in [0.15, 0.2) is 0 Å². The lowest BCUT2D eigenvalue weighted by molar-refractivity contribution is -0.122. The van der Waals surface area contributed by atoms with Crippen molar-refractivity contribution in [3.8, 4) is 0 Å². The van der Waals surface area contributed by atoms with Gasteiger partial charge in [0, 0.05) is 28.4 Å². The van der Waals surface area contributed by atoms with Crippen LogP contribution in [0.5, 0.6) is 0 Å². The lowest BCUT2D eigenvalue weighted by atomic mass is 10.1. The molecule has 2 N–H and O–H groups in total. The maximum absolute atomic E-state index is 12.5. The fourth-order valence-electron chi connectivity index (χ4n) is 2.93. The van der Waals surface area contributed by atoms with Crippen LogP contribution in [0, 0.1) is 0 Å². The van der Waals surface area contributed by atoms with Crippen LogP contribution in [0.1, 0.15) is 22.2 Å². The molecule has 0 aliphatic carbocycles. The maximum atomic E-state index is 12.5. The third-order valence-corrected chi connectivity index (χ3v) is 7.39. The summed E-state index contributed by atoms with van der Waals surface area (Å²) in [5, 5.41) is 6.89. The van der Waals surface area contributed by atoms with Crippen LogP contribution in [0.3, 0.4) is 0 Å². The average Bonchev–Trinajstić information content (AvgIpc) is 3.32. The van der Waals surface area contributed by atoms with Crippen molar-refractivity contribution >= 4 is 69.6 Å². The summed E-state index contributed by atoms with van der Waals surface area (Å²) >= 11 is 3.83. The predicted molar refractivity (Wildman–Crippen MR) is 120 cm³/mol. The van der Waals surface area contributed by atoms with E-state index in [1.165, 1.54) is 23.1 Å². The molecule has 2 aromatic rings. The van der Waals surface area contributed by atoms with E-state index >= 15 is 0 Å². The Bertz CT molecular complexity index is 1070. The zero-order chi connectivity index (χ0) is 21.3. The van der Waals surface area contributed by atoms with Gasteiger partial charge in [0.05, 0.1) is 15.8 Å². The van der Waals surface area contributed by atoms with Gasteiger partial charge in [0.2, 0.25) is 5.91 Å². The van der Waals surface area contributed by atoms with E-state index in [1.807, 2.05) is 24.4 Å². The number of thiophene rings is 1. The van der Waals surface area contributed by atoms with Crippen molar-refractivity contribution in [2.45, 2.75) is 17.1 Å². The fourth-order valence-corrected chi connectivity index (χ4v) is 5.45. The van der Waals surface area contributed by atoms with E-state index in [4.69, 9.17) is 0 Å². The summed E-state index contributed by atoms with van der Waals surface area (Å²) in [5.74, 6) is -0.785. The highest BCUT2D eigenvalue weighted by Gasteiger charge is 2.34. The molecule has 1 aromatic heterocycles. The Balaban J connectivity index is 1.35. The second kappa shape index (κ2) is 8.66. The topological polar surface area (TPSA) is 95.6 Å².